The van der Waals surface area contributed by atoms with Crippen molar-refractivity contribution >= 4 is 27.5 Å². The average molecular weight is 450 g/mol. The van der Waals surface area contributed by atoms with Crippen molar-refractivity contribution < 1.29 is 22.7 Å². The maximum Gasteiger partial charge on any atom is 0.243 e. The van der Waals surface area contributed by atoms with Gasteiger partial charge in [0.2, 0.25) is 21.8 Å². The number of nitrogens with zero attached hydrogens (tertiary/aromatic N) is 2. The van der Waals surface area contributed by atoms with Crippen LogP contribution in [0.4, 0.5) is 5.69 Å². The molecular weight excluding hydrogens is 418 g/mol. The maximum absolute atomic E-state index is 13.2. The molecule has 1 aromatic rings. The lowest BCUT2D eigenvalue weighted by molar-refractivity contribution is -0.126. The van der Waals surface area contributed by atoms with Crippen LogP contribution in [0.5, 0.6) is 0 Å². The van der Waals surface area contributed by atoms with Crippen LogP contribution >= 0.6 is 0 Å². The molecule has 3 heterocycles. The smallest absolute Gasteiger partial charge is 0.243 e. The monoisotopic (exact) mass is 449 g/mol. The number of sulfonamides is 1. The molecule has 1 aromatic carbocycles. The average Bonchev–Trinajstić information content (AvgIpc) is 3.30. The van der Waals surface area contributed by atoms with Gasteiger partial charge in [-0.1, -0.05) is 0 Å². The second-order valence-corrected chi connectivity index (χ2v) is 10.6. The first-order valence-corrected chi connectivity index (χ1v) is 12.6. The number of anilines is 1. The summed E-state index contributed by atoms with van der Waals surface area (Å²) in [4.78, 5) is 26.3. The second kappa shape index (κ2) is 9.26. The number of hydrogen-bond acceptors (Lipinski definition) is 5. The molecule has 0 unspecified atom stereocenters. The van der Waals surface area contributed by atoms with Crippen molar-refractivity contribution in [2.24, 2.45) is 5.92 Å². The third-order valence-corrected chi connectivity index (χ3v) is 8.43. The molecule has 2 amide bonds. The van der Waals surface area contributed by atoms with Gasteiger partial charge in [-0.25, -0.2) is 8.42 Å². The van der Waals surface area contributed by atoms with E-state index >= 15 is 0 Å². The van der Waals surface area contributed by atoms with Gasteiger partial charge in [0.05, 0.1) is 11.0 Å². The van der Waals surface area contributed by atoms with Crippen LogP contribution in [0.2, 0.25) is 0 Å². The molecule has 0 aromatic heterocycles. The first-order valence-electron chi connectivity index (χ1n) is 11.2. The third-order valence-electron chi connectivity index (χ3n) is 6.54. The van der Waals surface area contributed by atoms with E-state index in [-0.39, 0.29) is 28.7 Å². The molecule has 9 heteroatoms. The molecule has 3 aliphatic rings. The molecule has 2 fully saturated rings. The fraction of sp³-hybridized carbons (Fsp3) is 0.636. The van der Waals surface area contributed by atoms with Gasteiger partial charge in [0.25, 0.3) is 0 Å². The maximum atomic E-state index is 13.2. The van der Waals surface area contributed by atoms with E-state index in [1.807, 2.05) is 0 Å². The first-order chi connectivity index (χ1) is 14.9. The van der Waals surface area contributed by atoms with Crippen LogP contribution in [-0.2, 0) is 30.8 Å². The number of ether oxygens (including phenoxy) is 1. The van der Waals surface area contributed by atoms with E-state index in [0.29, 0.717) is 39.0 Å². The van der Waals surface area contributed by atoms with E-state index in [9.17, 15) is 18.0 Å². The minimum atomic E-state index is -3.63. The van der Waals surface area contributed by atoms with Gasteiger partial charge in [0.1, 0.15) is 0 Å². The highest BCUT2D eigenvalue weighted by Gasteiger charge is 2.33. The summed E-state index contributed by atoms with van der Waals surface area (Å²) in [6.07, 6.45) is 4.72. The number of hydrogen-bond donors (Lipinski definition) is 1. The van der Waals surface area contributed by atoms with Gasteiger partial charge in [-0.05, 0) is 62.3 Å². The Kier molecular flexibility index (Phi) is 6.64. The molecule has 1 atom stereocenters. The molecule has 0 bridgehead atoms. The summed E-state index contributed by atoms with van der Waals surface area (Å²) in [7, 11) is -3.63. The zero-order valence-electron chi connectivity index (χ0n) is 18.0. The molecule has 0 aliphatic carbocycles. The van der Waals surface area contributed by atoms with Gasteiger partial charge in [-0.2, -0.15) is 4.31 Å². The molecule has 4 rings (SSSR count). The molecule has 3 aliphatic heterocycles. The van der Waals surface area contributed by atoms with Gasteiger partial charge in [0.15, 0.2) is 0 Å². The summed E-state index contributed by atoms with van der Waals surface area (Å²) in [5.41, 5.74) is 1.70. The number of carbonyl (C=O) groups is 2. The first kappa shape index (κ1) is 22.2. The Balaban J connectivity index is 1.38. The fourth-order valence-electron chi connectivity index (χ4n) is 4.73. The van der Waals surface area contributed by atoms with Crippen molar-refractivity contribution in [1.29, 1.82) is 0 Å². The van der Waals surface area contributed by atoms with Gasteiger partial charge < -0.3 is 15.0 Å². The minimum absolute atomic E-state index is 0.00865. The zero-order chi connectivity index (χ0) is 22.0. The van der Waals surface area contributed by atoms with E-state index in [1.165, 1.54) is 11.2 Å². The second-order valence-electron chi connectivity index (χ2n) is 8.62. The van der Waals surface area contributed by atoms with Crippen molar-refractivity contribution in [2.75, 3.05) is 37.7 Å². The number of nitrogens with one attached hydrogen (secondary N) is 1. The number of benzene rings is 1. The Morgan fingerprint density at radius 2 is 1.90 bits per heavy atom. The fourth-order valence-corrected chi connectivity index (χ4v) is 6.25. The minimum Gasteiger partial charge on any atom is -0.376 e. The van der Waals surface area contributed by atoms with E-state index < -0.39 is 10.0 Å². The van der Waals surface area contributed by atoms with Gasteiger partial charge in [0, 0.05) is 51.3 Å². The lowest BCUT2D eigenvalue weighted by Gasteiger charge is -2.32. The molecule has 0 spiro atoms. The number of aryl methyl sites for hydroxylation is 1. The highest BCUT2D eigenvalue weighted by atomic mass is 32.2. The van der Waals surface area contributed by atoms with Crippen LogP contribution in [-0.4, -0.2) is 63.4 Å². The summed E-state index contributed by atoms with van der Waals surface area (Å²) in [6.45, 7) is 4.14. The quantitative estimate of drug-likeness (QED) is 0.738. The summed E-state index contributed by atoms with van der Waals surface area (Å²) in [5.74, 6) is -0.206. The largest absolute Gasteiger partial charge is 0.376 e. The van der Waals surface area contributed by atoms with Crippen molar-refractivity contribution in [3.8, 4) is 0 Å². The Labute approximate surface area is 184 Å². The van der Waals surface area contributed by atoms with Gasteiger partial charge in [-0.15, -0.1) is 0 Å². The Hall–Kier alpha value is -1.97. The summed E-state index contributed by atoms with van der Waals surface area (Å²) in [6, 6.07) is 5.05. The predicted molar refractivity (Wildman–Crippen MR) is 116 cm³/mol. The number of rotatable bonds is 5. The van der Waals surface area contributed by atoms with Crippen LogP contribution in [0.25, 0.3) is 0 Å². The number of amides is 2. The van der Waals surface area contributed by atoms with Crippen LogP contribution in [0.15, 0.2) is 23.1 Å². The molecule has 8 nitrogen and oxygen atoms in total. The summed E-state index contributed by atoms with van der Waals surface area (Å²) >= 11 is 0. The van der Waals surface area contributed by atoms with Crippen molar-refractivity contribution in [2.45, 2.75) is 56.4 Å². The molecule has 0 saturated carbocycles. The molecule has 2 saturated heterocycles. The van der Waals surface area contributed by atoms with Crippen molar-refractivity contribution in [1.82, 2.24) is 9.62 Å². The van der Waals surface area contributed by atoms with E-state index in [4.69, 9.17) is 4.74 Å². The zero-order valence-corrected chi connectivity index (χ0v) is 18.8. The summed E-state index contributed by atoms with van der Waals surface area (Å²) < 4.78 is 33.4. The number of fused-ring (bicyclic) bond motifs is 1. The third kappa shape index (κ3) is 4.78. The van der Waals surface area contributed by atoms with Crippen LogP contribution < -0.4 is 10.2 Å². The topological polar surface area (TPSA) is 96.0 Å². The van der Waals surface area contributed by atoms with Crippen molar-refractivity contribution in [3.05, 3.63) is 23.8 Å². The van der Waals surface area contributed by atoms with Crippen LogP contribution in [0, 0.1) is 5.92 Å². The molecular formula is C22H31N3O5S. The highest BCUT2D eigenvalue weighted by Crippen LogP contribution is 2.31. The Morgan fingerprint density at radius 3 is 2.58 bits per heavy atom. The summed E-state index contributed by atoms with van der Waals surface area (Å²) in [5, 5.41) is 2.96. The number of piperidine rings is 1. The highest BCUT2D eigenvalue weighted by molar-refractivity contribution is 7.89. The Bertz CT molecular complexity index is 934. The normalized spacial score (nSPS) is 22.9. The van der Waals surface area contributed by atoms with Crippen LogP contribution in [0.3, 0.4) is 0 Å². The van der Waals surface area contributed by atoms with Crippen LogP contribution in [0.1, 0.15) is 44.6 Å². The van der Waals surface area contributed by atoms with Gasteiger partial charge >= 0.3 is 0 Å². The molecule has 0 radical (unpaired) electrons. The molecule has 1 N–H and O–H groups in total. The Morgan fingerprint density at radius 1 is 1.13 bits per heavy atom. The number of carbonyl (C=O) groups excluding carboxylic acids is 2. The molecule has 31 heavy (non-hydrogen) atoms. The van der Waals surface area contributed by atoms with E-state index in [1.54, 1.807) is 23.1 Å². The predicted octanol–water partition coefficient (Wildman–Crippen LogP) is 1.68. The van der Waals surface area contributed by atoms with E-state index in [2.05, 4.69) is 5.32 Å². The van der Waals surface area contributed by atoms with Crippen molar-refractivity contribution in [3.63, 3.8) is 0 Å². The lowest BCUT2D eigenvalue weighted by Crippen LogP contribution is -2.44. The lowest BCUT2D eigenvalue weighted by atomic mass is 9.97. The van der Waals surface area contributed by atoms with E-state index in [0.717, 1.165) is 43.5 Å². The van der Waals surface area contributed by atoms with Gasteiger partial charge in [-0.3, -0.25) is 9.59 Å². The standard InChI is InChI=1S/C22H31N3O5S/c1-16(26)25-10-2-4-18-14-20(6-7-21(18)25)31(28,29)24-11-8-17(9-12-24)22(27)23-15-19-5-3-13-30-19/h6-7,14,17,19H,2-5,8-13,15H2,1H3,(H,23,27)/t19-/m0/s1. The SMILES string of the molecule is CC(=O)N1CCCc2cc(S(=O)(=O)N3CCC(C(=O)NC[C@@H]4CCCO4)CC3)ccc21. The molecule has 170 valence electrons.